The first-order valence-corrected chi connectivity index (χ1v) is 11.4. The molecule has 2 aliphatic rings. The van der Waals surface area contributed by atoms with E-state index >= 15 is 0 Å². The Balaban J connectivity index is 1.71. The molecule has 1 atom stereocenters. The van der Waals surface area contributed by atoms with Gasteiger partial charge in [0.2, 0.25) is 5.69 Å². The zero-order valence-electron chi connectivity index (χ0n) is 19.3. The molecule has 0 bridgehead atoms. The van der Waals surface area contributed by atoms with Gasteiger partial charge < -0.3 is 14.2 Å². The maximum absolute atomic E-state index is 11.6. The lowest BCUT2D eigenvalue weighted by Gasteiger charge is -2.27. The van der Waals surface area contributed by atoms with E-state index in [0.717, 1.165) is 32.2 Å². The number of rotatable bonds is 10. The average molecular weight is 417 g/mol. The van der Waals surface area contributed by atoms with Crippen LogP contribution in [0.1, 0.15) is 72.3 Å². The van der Waals surface area contributed by atoms with Gasteiger partial charge in [0.15, 0.2) is 18.5 Å². The summed E-state index contributed by atoms with van der Waals surface area (Å²) in [5, 5.41) is 0. The minimum atomic E-state index is -0.160. The fourth-order valence-corrected chi connectivity index (χ4v) is 4.82. The van der Waals surface area contributed by atoms with Crippen molar-refractivity contribution >= 4 is 17.4 Å². The number of benzene rings is 1. The van der Waals surface area contributed by atoms with Crippen LogP contribution in [0, 0.1) is 5.41 Å². The second kappa shape index (κ2) is 9.61. The van der Waals surface area contributed by atoms with Crippen molar-refractivity contribution in [3.8, 4) is 0 Å². The second-order valence-electron chi connectivity index (χ2n) is 9.45. The molecule has 5 nitrogen and oxygen atoms in total. The molecule has 2 aliphatic heterocycles. The Hall–Kier alpha value is -1.72. The van der Waals surface area contributed by atoms with Crippen molar-refractivity contribution in [1.29, 1.82) is 0 Å². The normalized spacial score (nSPS) is 21.9. The Labute approximate surface area is 181 Å². The van der Waals surface area contributed by atoms with Gasteiger partial charge in [-0.3, -0.25) is 4.79 Å². The molecule has 30 heavy (non-hydrogen) atoms. The monoisotopic (exact) mass is 416 g/mol. The van der Waals surface area contributed by atoms with Crippen molar-refractivity contribution in [1.82, 2.24) is 0 Å². The minimum absolute atomic E-state index is 0.00793. The summed E-state index contributed by atoms with van der Waals surface area (Å²) in [7, 11) is 0. The molecule has 5 heteroatoms. The van der Waals surface area contributed by atoms with Crippen LogP contribution in [0.4, 0.5) is 5.69 Å². The first kappa shape index (κ1) is 23.0. The topological polar surface area (TPSA) is 47.8 Å². The van der Waals surface area contributed by atoms with Crippen LogP contribution in [0.5, 0.6) is 0 Å². The first-order chi connectivity index (χ1) is 14.3. The predicted octanol–water partition coefficient (Wildman–Crippen LogP) is 4.98. The maximum atomic E-state index is 11.6. The van der Waals surface area contributed by atoms with Gasteiger partial charge in [-0.05, 0) is 40.5 Å². The van der Waals surface area contributed by atoms with Crippen LogP contribution in [0.3, 0.4) is 0 Å². The van der Waals surface area contributed by atoms with E-state index in [1.807, 2.05) is 6.92 Å². The Morgan fingerprint density at radius 1 is 1.20 bits per heavy atom. The quantitative estimate of drug-likeness (QED) is 0.307. The molecule has 0 radical (unpaired) electrons. The van der Waals surface area contributed by atoms with Gasteiger partial charge in [-0.25, -0.2) is 0 Å². The van der Waals surface area contributed by atoms with Crippen LogP contribution in [0.25, 0.3) is 0 Å². The van der Waals surface area contributed by atoms with Crippen LogP contribution in [0.2, 0.25) is 0 Å². The molecule has 0 spiro atoms. The predicted molar refractivity (Wildman–Crippen MR) is 118 cm³/mol. The Morgan fingerprint density at radius 3 is 2.60 bits per heavy atom. The van der Waals surface area contributed by atoms with E-state index in [0.29, 0.717) is 26.2 Å². The average Bonchev–Trinajstić information content (AvgIpc) is 3.32. The van der Waals surface area contributed by atoms with Crippen LogP contribution < -0.4 is 0 Å². The minimum Gasteiger partial charge on any atom is -0.466 e. The number of para-hydroxylation sites is 1. The van der Waals surface area contributed by atoms with Gasteiger partial charge in [-0.15, -0.1) is 0 Å². The van der Waals surface area contributed by atoms with Gasteiger partial charge in [-0.2, -0.15) is 4.58 Å². The smallest absolute Gasteiger partial charge is 0.305 e. The summed E-state index contributed by atoms with van der Waals surface area (Å²) in [4.78, 5) is 11.6. The van der Waals surface area contributed by atoms with Crippen molar-refractivity contribution in [2.24, 2.45) is 5.41 Å². The number of hydrogen-bond donors (Lipinski definition) is 0. The van der Waals surface area contributed by atoms with Crippen molar-refractivity contribution in [2.75, 3.05) is 26.4 Å². The van der Waals surface area contributed by atoms with E-state index in [9.17, 15) is 4.79 Å². The molecule has 0 aromatic heterocycles. The van der Waals surface area contributed by atoms with Gasteiger partial charge in [-0.1, -0.05) is 31.0 Å². The standard InChI is InChI=1S/C25H38NO4/c1-6-28-22(27)14-8-7-11-15-25(5)19(2)26(21-13-10-9-12-20(21)25)18-24(3,4)23-29-16-17-30-23/h9-10,12-13,23H,6-8,11,14-18H2,1-5H3/q+1. The molecule has 3 rings (SSSR count). The molecule has 1 unspecified atom stereocenters. The molecule has 0 saturated carbocycles. The molecular formula is C25H38NO4+. The van der Waals surface area contributed by atoms with Crippen molar-refractivity contribution in [3.05, 3.63) is 29.8 Å². The maximum Gasteiger partial charge on any atom is 0.305 e. The Bertz CT molecular complexity index is 779. The largest absolute Gasteiger partial charge is 0.466 e. The zero-order valence-corrected chi connectivity index (χ0v) is 19.3. The summed E-state index contributed by atoms with van der Waals surface area (Å²) in [5.41, 5.74) is 3.98. The Morgan fingerprint density at radius 2 is 1.90 bits per heavy atom. The number of esters is 1. The van der Waals surface area contributed by atoms with Crippen LogP contribution in [-0.4, -0.2) is 48.9 Å². The third-order valence-electron chi connectivity index (χ3n) is 6.68. The molecule has 0 amide bonds. The van der Waals surface area contributed by atoms with Gasteiger partial charge in [0.25, 0.3) is 0 Å². The molecule has 0 N–H and O–H groups in total. The van der Waals surface area contributed by atoms with E-state index in [2.05, 4.69) is 56.5 Å². The fourth-order valence-electron chi connectivity index (χ4n) is 4.82. The molecule has 1 aromatic rings. The van der Waals surface area contributed by atoms with Crippen LogP contribution >= 0.6 is 0 Å². The fraction of sp³-hybridized carbons (Fsp3) is 0.680. The summed E-state index contributed by atoms with van der Waals surface area (Å²) >= 11 is 0. The van der Waals surface area contributed by atoms with E-state index in [4.69, 9.17) is 14.2 Å². The lowest BCUT2D eigenvalue weighted by Crippen LogP contribution is -2.39. The first-order valence-electron chi connectivity index (χ1n) is 11.4. The number of carbonyl (C=O) groups is 1. The van der Waals surface area contributed by atoms with E-state index < -0.39 is 0 Å². The number of unbranched alkanes of at least 4 members (excludes halogenated alkanes) is 2. The van der Waals surface area contributed by atoms with E-state index in [-0.39, 0.29) is 23.1 Å². The lowest BCUT2D eigenvalue weighted by molar-refractivity contribution is -0.464. The molecular weight excluding hydrogens is 378 g/mol. The summed E-state index contributed by atoms with van der Waals surface area (Å²) in [5.74, 6) is -0.0811. The number of ether oxygens (including phenoxy) is 3. The molecule has 0 aliphatic carbocycles. The molecule has 1 fully saturated rings. The molecule has 1 aromatic carbocycles. The van der Waals surface area contributed by atoms with E-state index in [1.165, 1.54) is 17.0 Å². The van der Waals surface area contributed by atoms with Crippen molar-refractivity contribution < 1.29 is 23.6 Å². The zero-order chi connectivity index (χ0) is 21.8. The van der Waals surface area contributed by atoms with Gasteiger partial charge in [0, 0.05) is 25.0 Å². The highest BCUT2D eigenvalue weighted by molar-refractivity contribution is 5.93. The lowest BCUT2D eigenvalue weighted by atomic mass is 9.76. The Kier molecular flexibility index (Phi) is 7.35. The summed E-state index contributed by atoms with van der Waals surface area (Å²) in [6, 6.07) is 8.77. The van der Waals surface area contributed by atoms with E-state index in [1.54, 1.807) is 0 Å². The SMILES string of the molecule is CCOC(=O)CCCCCC1(C)C(C)=[N+](CC(C)(C)C2OCCO2)c2ccccc21. The summed E-state index contributed by atoms with van der Waals surface area (Å²) < 4.78 is 19.2. The molecule has 2 heterocycles. The van der Waals surface area contributed by atoms with Crippen LogP contribution in [-0.2, 0) is 24.4 Å². The van der Waals surface area contributed by atoms with Gasteiger partial charge in [0.1, 0.15) is 0 Å². The third-order valence-corrected chi connectivity index (χ3v) is 6.68. The summed E-state index contributed by atoms with van der Waals surface area (Å²) in [6.45, 7) is 13.6. The number of hydrogen-bond acceptors (Lipinski definition) is 4. The second-order valence-corrected chi connectivity index (χ2v) is 9.45. The highest BCUT2D eigenvalue weighted by Gasteiger charge is 2.48. The van der Waals surface area contributed by atoms with Crippen LogP contribution in [0.15, 0.2) is 24.3 Å². The number of nitrogens with zero attached hydrogens (tertiary/aromatic N) is 1. The van der Waals surface area contributed by atoms with Crippen molar-refractivity contribution in [3.63, 3.8) is 0 Å². The summed E-state index contributed by atoms with van der Waals surface area (Å²) in [6.07, 6.45) is 4.46. The molecule has 166 valence electrons. The molecule has 1 saturated heterocycles. The highest BCUT2D eigenvalue weighted by Crippen LogP contribution is 2.44. The third kappa shape index (κ3) is 4.78. The van der Waals surface area contributed by atoms with Gasteiger partial charge in [0.05, 0.1) is 30.7 Å². The van der Waals surface area contributed by atoms with Crippen molar-refractivity contribution in [2.45, 2.75) is 78.4 Å². The van der Waals surface area contributed by atoms with Gasteiger partial charge >= 0.3 is 5.97 Å². The highest BCUT2D eigenvalue weighted by atomic mass is 16.7. The number of fused-ring (bicyclic) bond motifs is 1. The number of carbonyl (C=O) groups excluding carboxylic acids is 1.